The highest BCUT2D eigenvalue weighted by Crippen LogP contribution is 2.34. The Labute approximate surface area is 129 Å². The summed E-state index contributed by atoms with van der Waals surface area (Å²) in [6, 6.07) is 17.6. The van der Waals surface area contributed by atoms with E-state index in [2.05, 4.69) is 4.98 Å². The van der Waals surface area contributed by atoms with E-state index in [0.717, 1.165) is 16.8 Å². The van der Waals surface area contributed by atoms with Crippen LogP contribution >= 0.6 is 0 Å². The van der Waals surface area contributed by atoms with Crippen molar-refractivity contribution in [2.75, 3.05) is 0 Å². The molecule has 22 heavy (non-hydrogen) atoms. The normalized spacial score (nSPS) is 10.1. The lowest BCUT2D eigenvalue weighted by atomic mass is 10.0. The van der Waals surface area contributed by atoms with E-state index >= 15 is 0 Å². The van der Waals surface area contributed by atoms with Gasteiger partial charge < -0.3 is 5.11 Å². The maximum atomic E-state index is 13.1. The minimum absolute atomic E-state index is 0. The second-order valence-electron chi connectivity index (χ2n) is 4.86. The molecular formula is C19H18FNO. The van der Waals surface area contributed by atoms with Crippen molar-refractivity contribution in [2.45, 2.75) is 14.4 Å². The maximum absolute atomic E-state index is 13.1. The third-order valence-corrected chi connectivity index (χ3v) is 3.39. The van der Waals surface area contributed by atoms with E-state index in [9.17, 15) is 9.50 Å². The first-order valence-electron chi connectivity index (χ1n) is 6.67. The lowest BCUT2D eigenvalue weighted by Gasteiger charge is -2.10. The highest BCUT2D eigenvalue weighted by molar-refractivity contribution is 5.76. The summed E-state index contributed by atoms with van der Waals surface area (Å²) in [5, 5.41) is 10.2. The van der Waals surface area contributed by atoms with Gasteiger partial charge >= 0.3 is 0 Å². The standard InChI is InChI=1S/C18H14FNO.CH4/c1-12-18(21)16(13-7-9-15(19)10-8-13)11-17(20-12)14-5-3-2-4-6-14;/h2-11,21H,1H3;1H4. The number of hydrogen-bond donors (Lipinski definition) is 1. The zero-order valence-electron chi connectivity index (χ0n) is 11.5. The molecule has 2 nitrogen and oxygen atoms in total. The number of benzene rings is 2. The number of nitrogens with zero attached hydrogens (tertiary/aromatic N) is 1. The van der Waals surface area contributed by atoms with Crippen LogP contribution in [-0.2, 0) is 0 Å². The van der Waals surface area contributed by atoms with Crippen LogP contribution in [0.15, 0.2) is 60.7 Å². The van der Waals surface area contributed by atoms with Crippen molar-refractivity contribution in [1.29, 1.82) is 0 Å². The van der Waals surface area contributed by atoms with E-state index in [1.165, 1.54) is 12.1 Å². The molecule has 0 fully saturated rings. The molecule has 3 rings (SSSR count). The van der Waals surface area contributed by atoms with Crippen LogP contribution in [0.3, 0.4) is 0 Å². The Kier molecular flexibility index (Phi) is 4.56. The molecule has 112 valence electrons. The first-order valence-corrected chi connectivity index (χ1v) is 6.67. The molecule has 0 bridgehead atoms. The van der Waals surface area contributed by atoms with Crippen molar-refractivity contribution in [3.8, 4) is 28.1 Å². The van der Waals surface area contributed by atoms with Crippen LogP contribution in [0, 0.1) is 12.7 Å². The van der Waals surface area contributed by atoms with Gasteiger partial charge in [0.2, 0.25) is 0 Å². The Balaban J connectivity index is 0.00000176. The van der Waals surface area contributed by atoms with E-state index < -0.39 is 0 Å². The molecule has 1 aromatic heterocycles. The largest absolute Gasteiger partial charge is 0.505 e. The topological polar surface area (TPSA) is 33.1 Å². The Morgan fingerprint density at radius 3 is 2.18 bits per heavy atom. The minimum Gasteiger partial charge on any atom is -0.505 e. The summed E-state index contributed by atoms with van der Waals surface area (Å²) >= 11 is 0. The summed E-state index contributed by atoms with van der Waals surface area (Å²) in [5.41, 5.74) is 3.72. The van der Waals surface area contributed by atoms with Crippen LogP contribution in [-0.4, -0.2) is 10.1 Å². The van der Waals surface area contributed by atoms with Crippen molar-refractivity contribution < 1.29 is 9.50 Å². The second kappa shape index (κ2) is 6.39. The molecule has 1 N–H and O–H groups in total. The molecule has 2 aromatic carbocycles. The quantitative estimate of drug-likeness (QED) is 0.704. The summed E-state index contributed by atoms with van der Waals surface area (Å²) in [6.07, 6.45) is 0. The first kappa shape index (κ1) is 15.7. The summed E-state index contributed by atoms with van der Waals surface area (Å²) in [5.74, 6) is -0.173. The van der Waals surface area contributed by atoms with Crippen LogP contribution in [0.1, 0.15) is 13.1 Å². The average molecular weight is 295 g/mol. The molecule has 0 aliphatic rings. The molecule has 0 spiro atoms. The van der Waals surface area contributed by atoms with Gasteiger partial charge in [0.15, 0.2) is 0 Å². The number of aromatic hydroxyl groups is 1. The molecule has 3 aromatic rings. The Morgan fingerprint density at radius 2 is 1.55 bits per heavy atom. The molecule has 0 saturated heterocycles. The highest BCUT2D eigenvalue weighted by atomic mass is 19.1. The van der Waals surface area contributed by atoms with Gasteiger partial charge in [0.25, 0.3) is 0 Å². The van der Waals surface area contributed by atoms with Crippen molar-refractivity contribution in [1.82, 2.24) is 4.98 Å². The monoisotopic (exact) mass is 295 g/mol. The van der Waals surface area contributed by atoms with Gasteiger partial charge in [-0.25, -0.2) is 9.37 Å². The van der Waals surface area contributed by atoms with E-state index in [0.29, 0.717) is 11.3 Å². The van der Waals surface area contributed by atoms with E-state index in [1.54, 1.807) is 19.1 Å². The number of rotatable bonds is 2. The van der Waals surface area contributed by atoms with Crippen LogP contribution in [0.2, 0.25) is 0 Å². The molecule has 0 atom stereocenters. The summed E-state index contributed by atoms with van der Waals surface area (Å²) in [6.45, 7) is 1.76. The molecule has 0 aliphatic heterocycles. The lowest BCUT2D eigenvalue weighted by Crippen LogP contribution is -1.91. The second-order valence-corrected chi connectivity index (χ2v) is 4.86. The fraction of sp³-hybridized carbons (Fsp3) is 0.105. The predicted molar refractivity (Wildman–Crippen MR) is 88.2 cm³/mol. The first-order chi connectivity index (χ1) is 10.1. The number of hydrogen-bond acceptors (Lipinski definition) is 2. The number of halogens is 1. The molecule has 0 amide bonds. The fourth-order valence-electron chi connectivity index (χ4n) is 2.27. The molecular weight excluding hydrogens is 277 g/mol. The van der Waals surface area contributed by atoms with Gasteiger partial charge in [0.05, 0.1) is 11.4 Å². The number of aryl methyl sites for hydroxylation is 1. The molecule has 0 aliphatic carbocycles. The SMILES string of the molecule is C.Cc1nc(-c2ccccc2)cc(-c2ccc(F)cc2)c1O. The highest BCUT2D eigenvalue weighted by Gasteiger charge is 2.11. The number of pyridine rings is 1. The average Bonchev–Trinajstić information content (AvgIpc) is 2.52. The van der Waals surface area contributed by atoms with Crippen LogP contribution < -0.4 is 0 Å². The molecule has 0 unspecified atom stereocenters. The molecule has 3 heteroatoms. The Morgan fingerprint density at radius 1 is 0.909 bits per heavy atom. The van der Waals surface area contributed by atoms with Gasteiger partial charge in [-0.05, 0) is 30.7 Å². The van der Waals surface area contributed by atoms with Crippen molar-refractivity contribution >= 4 is 0 Å². The van der Waals surface area contributed by atoms with Crippen LogP contribution in [0.5, 0.6) is 5.75 Å². The van der Waals surface area contributed by atoms with Gasteiger partial charge in [-0.15, -0.1) is 0 Å². The van der Waals surface area contributed by atoms with Gasteiger partial charge in [-0.1, -0.05) is 49.9 Å². The van der Waals surface area contributed by atoms with E-state index in [-0.39, 0.29) is 19.0 Å². The zero-order chi connectivity index (χ0) is 14.8. The summed E-state index contributed by atoms with van der Waals surface area (Å²) in [4.78, 5) is 4.42. The van der Waals surface area contributed by atoms with Crippen molar-refractivity contribution in [3.05, 3.63) is 72.2 Å². The van der Waals surface area contributed by atoms with Gasteiger partial charge in [-0.2, -0.15) is 0 Å². The van der Waals surface area contributed by atoms with Gasteiger partial charge in [0.1, 0.15) is 11.6 Å². The minimum atomic E-state index is -0.299. The third kappa shape index (κ3) is 2.98. The van der Waals surface area contributed by atoms with E-state index in [4.69, 9.17) is 0 Å². The van der Waals surface area contributed by atoms with Crippen molar-refractivity contribution in [2.24, 2.45) is 0 Å². The Hall–Kier alpha value is -2.68. The summed E-state index contributed by atoms with van der Waals surface area (Å²) in [7, 11) is 0. The Bertz CT molecular complexity index is 767. The lowest BCUT2D eigenvalue weighted by molar-refractivity contribution is 0.470. The van der Waals surface area contributed by atoms with Gasteiger partial charge in [0, 0.05) is 11.1 Å². The third-order valence-electron chi connectivity index (χ3n) is 3.39. The smallest absolute Gasteiger partial charge is 0.144 e. The van der Waals surface area contributed by atoms with Crippen LogP contribution in [0.4, 0.5) is 4.39 Å². The van der Waals surface area contributed by atoms with E-state index in [1.807, 2.05) is 36.4 Å². The van der Waals surface area contributed by atoms with Crippen LogP contribution in [0.25, 0.3) is 22.4 Å². The zero-order valence-corrected chi connectivity index (χ0v) is 11.5. The molecule has 0 radical (unpaired) electrons. The molecule has 0 saturated carbocycles. The molecule has 1 heterocycles. The van der Waals surface area contributed by atoms with Gasteiger partial charge in [-0.3, -0.25) is 0 Å². The number of aromatic nitrogens is 1. The maximum Gasteiger partial charge on any atom is 0.144 e. The summed E-state index contributed by atoms with van der Waals surface area (Å²) < 4.78 is 13.1. The predicted octanol–water partition coefficient (Wildman–Crippen LogP) is 5.20. The fourth-order valence-corrected chi connectivity index (χ4v) is 2.27. The van der Waals surface area contributed by atoms with Crippen molar-refractivity contribution in [3.63, 3.8) is 0 Å².